The molecule has 18 heavy (non-hydrogen) atoms. The van der Waals surface area contributed by atoms with E-state index >= 15 is 0 Å². The summed E-state index contributed by atoms with van der Waals surface area (Å²) in [4.78, 5) is 1.10. The second-order valence-electron chi connectivity index (χ2n) is 4.97. The Hall–Kier alpha value is -0.430. The molecule has 1 aromatic rings. The van der Waals surface area contributed by atoms with Crippen LogP contribution in [0.5, 0.6) is 0 Å². The fourth-order valence-corrected chi connectivity index (χ4v) is 4.79. The van der Waals surface area contributed by atoms with E-state index in [1.54, 1.807) is 6.07 Å². The number of thiophene rings is 1. The van der Waals surface area contributed by atoms with Gasteiger partial charge in [-0.1, -0.05) is 6.92 Å². The summed E-state index contributed by atoms with van der Waals surface area (Å²) >= 11 is 1.37. The first-order chi connectivity index (χ1) is 8.51. The standard InChI is InChI=1S/C12H20N2O2S2/c1-9-7-10(8-9)14-18(15,16)12-4-3-11(17-12)5-6-13-2/h3-4,9-10,13-14H,5-8H2,1-2H3. The Morgan fingerprint density at radius 3 is 2.72 bits per heavy atom. The van der Waals surface area contributed by atoms with Crippen LogP contribution >= 0.6 is 11.3 Å². The summed E-state index contributed by atoms with van der Waals surface area (Å²) in [5, 5.41) is 3.06. The van der Waals surface area contributed by atoms with E-state index in [-0.39, 0.29) is 6.04 Å². The summed E-state index contributed by atoms with van der Waals surface area (Å²) in [5.41, 5.74) is 0. The molecular formula is C12H20N2O2S2. The average Bonchev–Trinajstić information content (AvgIpc) is 2.73. The molecule has 2 N–H and O–H groups in total. The fourth-order valence-electron chi connectivity index (χ4n) is 2.16. The lowest BCUT2D eigenvalue weighted by Gasteiger charge is -2.32. The molecule has 1 aromatic heterocycles. The van der Waals surface area contributed by atoms with Crippen LogP contribution in [0, 0.1) is 5.92 Å². The Labute approximate surface area is 113 Å². The van der Waals surface area contributed by atoms with Gasteiger partial charge in [0.2, 0.25) is 10.0 Å². The minimum Gasteiger partial charge on any atom is -0.319 e. The molecule has 2 rings (SSSR count). The second kappa shape index (κ2) is 5.69. The van der Waals surface area contributed by atoms with E-state index in [4.69, 9.17) is 0 Å². The molecule has 4 nitrogen and oxygen atoms in total. The zero-order valence-electron chi connectivity index (χ0n) is 10.8. The van der Waals surface area contributed by atoms with Gasteiger partial charge in [0.25, 0.3) is 0 Å². The SMILES string of the molecule is CNCCc1ccc(S(=O)(=O)NC2CC(C)C2)s1. The van der Waals surface area contributed by atoms with Gasteiger partial charge in [-0.25, -0.2) is 13.1 Å². The number of nitrogens with one attached hydrogen (secondary N) is 2. The van der Waals surface area contributed by atoms with Gasteiger partial charge in [0.1, 0.15) is 4.21 Å². The van der Waals surface area contributed by atoms with Gasteiger partial charge in [-0.2, -0.15) is 0 Å². The van der Waals surface area contributed by atoms with Crippen molar-refractivity contribution >= 4 is 21.4 Å². The van der Waals surface area contributed by atoms with E-state index in [1.165, 1.54) is 11.3 Å². The summed E-state index contributed by atoms with van der Waals surface area (Å²) < 4.78 is 27.4. The van der Waals surface area contributed by atoms with Crippen LogP contribution in [0.2, 0.25) is 0 Å². The van der Waals surface area contributed by atoms with E-state index in [0.29, 0.717) is 10.1 Å². The highest BCUT2D eigenvalue weighted by Gasteiger charge is 2.30. The van der Waals surface area contributed by atoms with E-state index in [1.807, 2.05) is 13.1 Å². The molecule has 0 saturated heterocycles. The predicted octanol–water partition coefficient (Wildman–Crippen LogP) is 1.59. The third-order valence-electron chi connectivity index (χ3n) is 3.22. The Balaban J connectivity index is 1.98. The maximum Gasteiger partial charge on any atom is 0.250 e. The molecule has 1 heterocycles. The fraction of sp³-hybridized carbons (Fsp3) is 0.667. The van der Waals surface area contributed by atoms with Crippen molar-refractivity contribution in [2.75, 3.05) is 13.6 Å². The largest absolute Gasteiger partial charge is 0.319 e. The van der Waals surface area contributed by atoms with Gasteiger partial charge in [-0.3, -0.25) is 0 Å². The number of likely N-dealkylation sites (N-methyl/N-ethyl adjacent to an activating group) is 1. The number of rotatable bonds is 6. The second-order valence-corrected chi connectivity index (χ2v) is 8.08. The third-order valence-corrected chi connectivity index (χ3v) is 6.38. The summed E-state index contributed by atoms with van der Waals surface area (Å²) in [5.74, 6) is 0.646. The molecule has 1 aliphatic rings. The van der Waals surface area contributed by atoms with Crippen molar-refractivity contribution in [3.05, 3.63) is 17.0 Å². The van der Waals surface area contributed by atoms with Crippen LogP contribution in [0.1, 0.15) is 24.6 Å². The first-order valence-electron chi connectivity index (χ1n) is 6.27. The molecule has 0 spiro atoms. The predicted molar refractivity (Wildman–Crippen MR) is 74.5 cm³/mol. The van der Waals surface area contributed by atoms with E-state index in [0.717, 1.165) is 30.7 Å². The van der Waals surface area contributed by atoms with Gasteiger partial charge >= 0.3 is 0 Å². The van der Waals surface area contributed by atoms with Crippen molar-refractivity contribution < 1.29 is 8.42 Å². The molecule has 6 heteroatoms. The summed E-state index contributed by atoms with van der Waals surface area (Å²) in [6, 6.07) is 3.74. The van der Waals surface area contributed by atoms with Crippen LogP contribution in [0.4, 0.5) is 0 Å². The van der Waals surface area contributed by atoms with Crippen molar-refractivity contribution in [1.82, 2.24) is 10.0 Å². The lowest BCUT2D eigenvalue weighted by atomic mass is 9.83. The van der Waals surface area contributed by atoms with Gasteiger partial charge < -0.3 is 5.32 Å². The van der Waals surface area contributed by atoms with Gasteiger partial charge in [0.15, 0.2) is 0 Å². The molecule has 1 fully saturated rings. The van der Waals surface area contributed by atoms with Gasteiger partial charge in [-0.05, 0) is 50.9 Å². The van der Waals surface area contributed by atoms with Crippen LogP contribution < -0.4 is 10.0 Å². The molecule has 0 bridgehead atoms. The van der Waals surface area contributed by atoms with Crippen LogP contribution in [-0.2, 0) is 16.4 Å². The molecule has 0 atom stereocenters. The van der Waals surface area contributed by atoms with Crippen molar-refractivity contribution in [3.63, 3.8) is 0 Å². The Morgan fingerprint density at radius 2 is 2.11 bits per heavy atom. The quantitative estimate of drug-likeness (QED) is 0.836. The number of hydrogen-bond donors (Lipinski definition) is 2. The Morgan fingerprint density at radius 1 is 1.39 bits per heavy atom. The molecule has 0 unspecified atom stereocenters. The third kappa shape index (κ3) is 3.32. The van der Waals surface area contributed by atoms with Crippen LogP contribution in [0.3, 0.4) is 0 Å². The minimum atomic E-state index is -3.30. The summed E-state index contributed by atoms with van der Waals surface area (Å²) in [7, 11) is -1.41. The topological polar surface area (TPSA) is 58.2 Å². The molecule has 1 aliphatic carbocycles. The first-order valence-corrected chi connectivity index (χ1v) is 8.57. The van der Waals surface area contributed by atoms with Crippen molar-refractivity contribution in [3.8, 4) is 0 Å². The van der Waals surface area contributed by atoms with Crippen LogP contribution in [0.25, 0.3) is 0 Å². The van der Waals surface area contributed by atoms with Crippen LogP contribution in [0.15, 0.2) is 16.3 Å². The molecular weight excluding hydrogens is 268 g/mol. The molecule has 0 aromatic carbocycles. The summed E-state index contributed by atoms with van der Waals surface area (Å²) in [6.45, 7) is 3.01. The highest BCUT2D eigenvalue weighted by atomic mass is 32.2. The van der Waals surface area contributed by atoms with Crippen molar-refractivity contribution in [1.29, 1.82) is 0 Å². The Kier molecular flexibility index (Phi) is 4.42. The summed E-state index contributed by atoms with van der Waals surface area (Å²) in [6.07, 6.45) is 2.78. The highest BCUT2D eigenvalue weighted by molar-refractivity contribution is 7.91. The zero-order valence-corrected chi connectivity index (χ0v) is 12.4. The number of sulfonamides is 1. The molecule has 0 radical (unpaired) electrons. The van der Waals surface area contributed by atoms with E-state index in [9.17, 15) is 8.42 Å². The maximum absolute atomic E-state index is 12.1. The van der Waals surface area contributed by atoms with E-state index in [2.05, 4.69) is 17.0 Å². The van der Waals surface area contributed by atoms with Crippen molar-refractivity contribution in [2.24, 2.45) is 5.92 Å². The average molecular weight is 288 g/mol. The zero-order chi connectivity index (χ0) is 13.2. The van der Waals surface area contributed by atoms with Crippen LogP contribution in [-0.4, -0.2) is 28.1 Å². The first kappa shape index (κ1) is 14.0. The highest BCUT2D eigenvalue weighted by Crippen LogP contribution is 2.29. The molecule has 0 aliphatic heterocycles. The smallest absolute Gasteiger partial charge is 0.250 e. The monoisotopic (exact) mass is 288 g/mol. The lowest BCUT2D eigenvalue weighted by Crippen LogP contribution is -2.43. The van der Waals surface area contributed by atoms with Gasteiger partial charge in [0.05, 0.1) is 0 Å². The minimum absolute atomic E-state index is 0.132. The number of hydrogen-bond acceptors (Lipinski definition) is 4. The maximum atomic E-state index is 12.1. The Bertz CT molecular complexity index is 490. The van der Waals surface area contributed by atoms with E-state index < -0.39 is 10.0 Å². The van der Waals surface area contributed by atoms with Gasteiger partial charge in [0, 0.05) is 10.9 Å². The van der Waals surface area contributed by atoms with Crippen molar-refractivity contribution in [2.45, 2.75) is 36.4 Å². The molecule has 102 valence electrons. The molecule has 1 saturated carbocycles. The lowest BCUT2D eigenvalue weighted by molar-refractivity contribution is 0.270. The normalized spacial score (nSPS) is 23.9. The molecule has 0 amide bonds. The van der Waals surface area contributed by atoms with Gasteiger partial charge in [-0.15, -0.1) is 11.3 Å².